The molecule has 3 heteroatoms. The van der Waals surface area contributed by atoms with Gasteiger partial charge < -0.3 is 5.73 Å². The van der Waals surface area contributed by atoms with Crippen LogP contribution >= 0.6 is 0 Å². The number of benzene rings is 1. The molecule has 84 valence electrons. The average molecular weight is 223 g/mol. The molecule has 0 atom stereocenters. The van der Waals surface area contributed by atoms with Crippen molar-refractivity contribution in [3.63, 3.8) is 0 Å². The molecule has 0 saturated heterocycles. The third-order valence-corrected chi connectivity index (χ3v) is 2.88. The van der Waals surface area contributed by atoms with E-state index >= 15 is 0 Å². The first-order valence-corrected chi connectivity index (χ1v) is 5.55. The van der Waals surface area contributed by atoms with Crippen molar-refractivity contribution in [1.82, 2.24) is 9.38 Å². The number of rotatable bonds is 1. The summed E-state index contributed by atoms with van der Waals surface area (Å²) in [6.45, 7) is 2.02. The maximum absolute atomic E-state index is 5.81. The average Bonchev–Trinajstić information content (AvgIpc) is 2.68. The molecular formula is C14H13N3. The van der Waals surface area contributed by atoms with Gasteiger partial charge in [0.05, 0.1) is 11.2 Å². The van der Waals surface area contributed by atoms with E-state index in [-0.39, 0.29) is 0 Å². The molecule has 0 saturated carbocycles. The molecule has 0 bridgehead atoms. The van der Waals surface area contributed by atoms with Crippen LogP contribution in [-0.2, 0) is 0 Å². The number of hydrogen-bond acceptors (Lipinski definition) is 2. The van der Waals surface area contributed by atoms with E-state index in [9.17, 15) is 0 Å². The molecule has 0 spiro atoms. The van der Waals surface area contributed by atoms with Crippen molar-refractivity contribution >= 4 is 11.2 Å². The van der Waals surface area contributed by atoms with Gasteiger partial charge in [-0.15, -0.1) is 0 Å². The van der Waals surface area contributed by atoms with Gasteiger partial charge in [0.25, 0.3) is 0 Å². The first-order chi connectivity index (χ1) is 8.25. The van der Waals surface area contributed by atoms with Gasteiger partial charge in [-0.05, 0) is 31.2 Å². The number of nitrogen functional groups attached to an aromatic ring is 1. The predicted molar refractivity (Wildman–Crippen MR) is 69.8 cm³/mol. The summed E-state index contributed by atoms with van der Waals surface area (Å²) in [5, 5.41) is 0. The highest BCUT2D eigenvalue weighted by Crippen LogP contribution is 2.23. The zero-order valence-electron chi connectivity index (χ0n) is 9.59. The molecule has 0 fully saturated rings. The minimum atomic E-state index is 0.757. The number of imidazole rings is 1. The van der Waals surface area contributed by atoms with Crippen LogP contribution in [0.2, 0.25) is 0 Å². The Balaban J connectivity index is 2.31. The number of pyridine rings is 1. The molecule has 0 unspecified atom stereocenters. The van der Waals surface area contributed by atoms with Gasteiger partial charge in [0.2, 0.25) is 0 Å². The summed E-state index contributed by atoms with van der Waals surface area (Å²) < 4.78 is 2.09. The van der Waals surface area contributed by atoms with Crippen molar-refractivity contribution in [1.29, 1.82) is 0 Å². The lowest BCUT2D eigenvalue weighted by Gasteiger charge is -2.01. The lowest BCUT2D eigenvalue weighted by Crippen LogP contribution is -1.90. The summed E-state index contributed by atoms with van der Waals surface area (Å²) in [4.78, 5) is 4.61. The standard InChI is InChI=1S/C14H13N3/c1-10-13-7-2-3-8-17(13)14(16-10)11-5-4-6-12(15)9-11/h2-9H,15H2,1H3. The largest absolute Gasteiger partial charge is 0.399 e. The number of fused-ring (bicyclic) bond motifs is 1. The van der Waals surface area contributed by atoms with Crippen LogP contribution < -0.4 is 5.73 Å². The van der Waals surface area contributed by atoms with Crippen LogP contribution in [0.3, 0.4) is 0 Å². The van der Waals surface area contributed by atoms with Crippen molar-refractivity contribution in [2.75, 3.05) is 5.73 Å². The maximum atomic E-state index is 5.81. The quantitative estimate of drug-likeness (QED) is 0.644. The molecule has 0 radical (unpaired) electrons. The number of nitrogens with zero attached hydrogens (tertiary/aromatic N) is 2. The van der Waals surface area contributed by atoms with Crippen molar-refractivity contribution < 1.29 is 0 Å². The summed E-state index contributed by atoms with van der Waals surface area (Å²) in [6, 6.07) is 13.9. The van der Waals surface area contributed by atoms with E-state index in [0.717, 1.165) is 28.3 Å². The monoisotopic (exact) mass is 223 g/mol. The SMILES string of the molecule is Cc1nc(-c2cccc(N)c2)n2ccccc12. The molecule has 2 N–H and O–H groups in total. The Bertz CT molecular complexity index is 683. The Morgan fingerprint density at radius 3 is 2.82 bits per heavy atom. The van der Waals surface area contributed by atoms with E-state index in [1.165, 1.54) is 0 Å². The van der Waals surface area contributed by atoms with Crippen molar-refractivity contribution in [3.8, 4) is 11.4 Å². The Morgan fingerprint density at radius 2 is 2.00 bits per heavy atom. The summed E-state index contributed by atoms with van der Waals surface area (Å²) in [5.74, 6) is 0.936. The first kappa shape index (κ1) is 9.90. The molecule has 3 aromatic rings. The van der Waals surface area contributed by atoms with Crippen LogP contribution in [0.5, 0.6) is 0 Å². The van der Waals surface area contributed by atoms with Crippen LogP contribution in [0.4, 0.5) is 5.69 Å². The molecule has 1 aromatic carbocycles. The van der Waals surface area contributed by atoms with Crippen LogP contribution in [0.15, 0.2) is 48.7 Å². The molecule has 0 aliphatic heterocycles. The van der Waals surface area contributed by atoms with Gasteiger partial charge in [0.1, 0.15) is 5.82 Å². The second kappa shape index (κ2) is 3.63. The molecule has 2 heterocycles. The fraction of sp³-hybridized carbons (Fsp3) is 0.0714. The van der Waals surface area contributed by atoms with Crippen LogP contribution in [0, 0.1) is 6.92 Å². The smallest absolute Gasteiger partial charge is 0.144 e. The number of aromatic nitrogens is 2. The van der Waals surface area contributed by atoms with E-state index in [4.69, 9.17) is 5.73 Å². The fourth-order valence-electron chi connectivity index (χ4n) is 2.07. The minimum absolute atomic E-state index is 0.757. The fourth-order valence-corrected chi connectivity index (χ4v) is 2.07. The topological polar surface area (TPSA) is 43.3 Å². The zero-order chi connectivity index (χ0) is 11.8. The molecule has 3 nitrogen and oxygen atoms in total. The second-order valence-electron chi connectivity index (χ2n) is 4.10. The number of hydrogen-bond donors (Lipinski definition) is 1. The predicted octanol–water partition coefficient (Wildman–Crippen LogP) is 2.89. The highest BCUT2D eigenvalue weighted by molar-refractivity contribution is 5.67. The Hall–Kier alpha value is -2.29. The number of aryl methyl sites for hydroxylation is 1. The Kier molecular flexibility index (Phi) is 2.11. The van der Waals surface area contributed by atoms with E-state index in [1.807, 2.05) is 49.5 Å². The van der Waals surface area contributed by atoms with Crippen LogP contribution in [0.1, 0.15) is 5.69 Å². The molecule has 17 heavy (non-hydrogen) atoms. The van der Waals surface area contributed by atoms with E-state index in [0.29, 0.717) is 0 Å². The lowest BCUT2D eigenvalue weighted by atomic mass is 10.2. The molecular weight excluding hydrogens is 210 g/mol. The number of anilines is 1. The molecule has 0 aliphatic rings. The lowest BCUT2D eigenvalue weighted by molar-refractivity contribution is 1.16. The first-order valence-electron chi connectivity index (χ1n) is 5.55. The maximum Gasteiger partial charge on any atom is 0.144 e. The van der Waals surface area contributed by atoms with Crippen molar-refractivity contribution in [2.45, 2.75) is 6.92 Å². The Morgan fingerprint density at radius 1 is 1.12 bits per heavy atom. The van der Waals surface area contributed by atoms with E-state index in [2.05, 4.69) is 15.5 Å². The zero-order valence-corrected chi connectivity index (χ0v) is 9.59. The third-order valence-electron chi connectivity index (χ3n) is 2.88. The Labute approximate surface area is 99.5 Å². The second-order valence-corrected chi connectivity index (χ2v) is 4.10. The normalized spacial score (nSPS) is 10.9. The number of nitrogens with two attached hydrogens (primary N) is 1. The van der Waals surface area contributed by atoms with Crippen molar-refractivity contribution in [2.24, 2.45) is 0 Å². The van der Waals surface area contributed by atoms with Gasteiger partial charge in [-0.2, -0.15) is 0 Å². The van der Waals surface area contributed by atoms with E-state index in [1.54, 1.807) is 0 Å². The highest BCUT2D eigenvalue weighted by atomic mass is 15.0. The van der Waals surface area contributed by atoms with Gasteiger partial charge in [0.15, 0.2) is 0 Å². The van der Waals surface area contributed by atoms with Gasteiger partial charge in [-0.1, -0.05) is 18.2 Å². The molecule has 0 aliphatic carbocycles. The highest BCUT2D eigenvalue weighted by Gasteiger charge is 2.08. The summed E-state index contributed by atoms with van der Waals surface area (Å²) in [7, 11) is 0. The molecule has 3 rings (SSSR count). The van der Waals surface area contributed by atoms with Crippen LogP contribution in [0.25, 0.3) is 16.9 Å². The van der Waals surface area contributed by atoms with Gasteiger partial charge in [-0.25, -0.2) is 4.98 Å². The van der Waals surface area contributed by atoms with Gasteiger partial charge in [-0.3, -0.25) is 4.40 Å². The van der Waals surface area contributed by atoms with Crippen LogP contribution in [-0.4, -0.2) is 9.38 Å². The van der Waals surface area contributed by atoms with E-state index < -0.39 is 0 Å². The summed E-state index contributed by atoms with van der Waals surface area (Å²) >= 11 is 0. The van der Waals surface area contributed by atoms with Gasteiger partial charge >= 0.3 is 0 Å². The third kappa shape index (κ3) is 1.56. The molecule has 2 aromatic heterocycles. The minimum Gasteiger partial charge on any atom is -0.399 e. The summed E-state index contributed by atoms with van der Waals surface area (Å²) in [5.41, 5.74) is 9.77. The summed E-state index contributed by atoms with van der Waals surface area (Å²) in [6.07, 6.45) is 2.02. The van der Waals surface area contributed by atoms with Crippen molar-refractivity contribution in [3.05, 3.63) is 54.4 Å². The molecule has 0 amide bonds. The van der Waals surface area contributed by atoms with Gasteiger partial charge in [0, 0.05) is 17.4 Å².